The molecule has 1 fully saturated rings. The maximum absolute atomic E-state index is 6.09. The summed E-state index contributed by atoms with van der Waals surface area (Å²) in [6.07, 6.45) is 7.87. The maximum Gasteiger partial charge on any atom is 0.226 e. The second-order valence-corrected chi connectivity index (χ2v) is 6.57. The summed E-state index contributed by atoms with van der Waals surface area (Å²) in [7, 11) is 0. The molecule has 0 bridgehead atoms. The molecule has 2 aromatic rings. The normalized spacial score (nSPS) is 16.2. The van der Waals surface area contributed by atoms with E-state index in [1.165, 1.54) is 25.7 Å². The van der Waals surface area contributed by atoms with Crippen LogP contribution >= 0.6 is 11.6 Å². The molecule has 0 spiro atoms. The first kappa shape index (κ1) is 14.6. The van der Waals surface area contributed by atoms with E-state index in [1.54, 1.807) is 6.33 Å². The topological polar surface area (TPSA) is 57.7 Å². The van der Waals surface area contributed by atoms with Crippen LogP contribution in [0.3, 0.4) is 0 Å². The Bertz CT molecular complexity index is 603. The fraction of sp³-hybridized carbons (Fsp3) is 0.667. The molecule has 0 unspecified atom stereocenters. The Morgan fingerprint density at radius 1 is 1.33 bits per heavy atom. The first-order valence-corrected chi connectivity index (χ1v) is 8.16. The molecule has 0 amide bonds. The largest absolute Gasteiger partial charge is 0.352 e. The Balaban J connectivity index is 1.98. The number of halogens is 1. The van der Waals surface area contributed by atoms with Gasteiger partial charge in [0.15, 0.2) is 11.5 Å². The van der Waals surface area contributed by atoms with Crippen LogP contribution in [0.5, 0.6) is 0 Å². The van der Waals surface area contributed by atoms with Crippen molar-refractivity contribution in [3.8, 4) is 0 Å². The number of H-pyrrole nitrogens is 1. The van der Waals surface area contributed by atoms with Gasteiger partial charge in [-0.05, 0) is 36.8 Å². The molecule has 0 atom stereocenters. The van der Waals surface area contributed by atoms with Crippen LogP contribution in [-0.2, 0) is 0 Å². The molecule has 3 rings (SSSR count). The van der Waals surface area contributed by atoms with Crippen LogP contribution in [0.15, 0.2) is 6.33 Å². The first-order valence-electron chi connectivity index (χ1n) is 7.78. The van der Waals surface area contributed by atoms with Crippen molar-refractivity contribution >= 4 is 28.6 Å². The predicted octanol–water partition coefficient (Wildman–Crippen LogP) is 3.80. The second-order valence-electron chi connectivity index (χ2n) is 6.23. The van der Waals surface area contributed by atoms with E-state index in [9.17, 15) is 0 Å². The van der Waals surface area contributed by atoms with Crippen LogP contribution in [0.25, 0.3) is 11.2 Å². The second kappa shape index (κ2) is 6.18. The van der Waals surface area contributed by atoms with E-state index >= 15 is 0 Å². The molecule has 5 nitrogen and oxygen atoms in total. The molecular weight excluding hydrogens is 286 g/mol. The molecule has 6 heteroatoms. The minimum absolute atomic E-state index is 0.275. The van der Waals surface area contributed by atoms with Gasteiger partial charge in [-0.15, -0.1) is 0 Å². The molecule has 1 saturated carbocycles. The molecule has 1 aliphatic carbocycles. The van der Waals surface area contributed by atoms with E-state index in [1.807, 2.05) is 0 Å². The lowest BCUT2D eigenvalue weighted by Crippen LogP contribution is -2.35. The minimum Gasteiger partial charge on any atom is -0.352 e. The standard InChI is InChI=1S/C15H22ClN5/c1-10(2)7-8-21(11-5-3-4-6-11)14-12-13(18-9-17-12)19-15(16)20-14/h9-11H,3-8H2,1-2H3,(H,17,18,19,20). The Morgan fingerprint density at radius 2 is 2.10 bits per heavy atom. The van der Waals surface area contributed by atoms with Gasteiger partial charge in [0.05, 0.1) is 6.33 Å². The number of hydrogen-bond donors (Lipinski definition) is 1. The third-order valence-corrected chi connectivity index (χ3v) is 4.39. The van der Waals surface area contributed by atoms with Gasteiger partial charge in [0.25, 0.3) is 0 Å². The third kappa shape index (κ3) is 3.12. The van der Waals surface area contributed by atoms with Gasteiger partial charge in [0.1, 0.15) is 5.52 Å². The molecule has 0 radical (unpaired) electrons. The van der Waals surface area contributed by atoms with Crippen LogP contribution in [0, 0.1) is 5.92 Å². The SMILES string of the molecule is CC(C)CCN(c1nc(Cl)nc2nc[nH]c12)C1CCCC1. The van der Waals surface area contributed by atoms with Crippen molar-refractivity contribution < 1.29 is 0 Å². The molecule has 0 aliphatic heterocycles. The maximum atomic E-state index is 6.09. The summed E-state index contributed by atoms with van der Waals surface area (Å²) in [5.74, 6) is 1.58. The van der Waals surface area contributed by atoms with Crippen molar-refractivity contribution in [3.63, 3.8) is 0 Å². The summed E-state index contributed by atoms with van der Waals surface area (Å²) in [5.41, 5.74) is 1.55. The fourth-order valence-electron chi connectivity index (χ4n) is 3.07. The molecule has 2 aromatic heterocycles. The summed E-state index contributed by atoms with van der Waals surface area (Å²) >= 11 is 6.09. The summed E-state index contributed by atoms with van der Waals surface area (Å²) in [6.45, 7) is 5.51. The number of nitrogens with zero attached hydrogens (tertiary/aromatic N) is 4. The Morgan fingerprint density at radius 3 is 2.81 bits per heavy atom. The summed E-state index contributed by atoms with van der Waals surface area (Å²) in [6, 6.07) is 0.557. The first-order chi connectivity index (χ1) is 10.1. The van der Waals surface area contributed by atoms with Gasteiger partial charge < -0.3 is 9.88 Å². The van der Waals surface area contributed by atoms with Crippen LogP contribution in [0.1, 0.15) is 46.0 Å². The molecule has 0 aromatic carbocycles. The van der Waals surface area contributed by atoms with Gasteiger partial charge in [-0.25, -0.2) is 4.98 Å². The summed E-state index contributed by atoms with van der Waals surface area (Å²) in [5, 5.41) is 0.275. The number of anilines is 1. The van der Waals surface area contributed by atoms with Gasteiger partial charge in [0, 0.05) is 12.6 Å². The lowest BCUT2D eigenvalue weighted by atomic mass is 10.1. The molecule has 2 heterocycles. The average molecular weight is 308 g/mol. The number of aromatic amines is 1. The highest BCUT2D eigenvalue weighted by Gasteiger charge is 2.26. The van der Waals surface area contributed by atoms with E-state index in [2.05, 4.69) is 38.7 Å². The highest BCUT2D eigenvalue weighted by atomic mass is 35.5. The Labute approximate surface area is 130 Å². The van der Waals surface area contributed by atoms with Crippen molar-refractivity contribution in [2.45, 2.75) is 52.0 Å². The lowest BCUT2D eigenvalue weighted by Gasteiger charge is -2.31. The smallest absolute Gasteiger partial charge is 0.226 e. The summed E-state index contributed by atoms with van der Waals surface area (Å²) in [4.78, 5) is 18.5. The molecule has 21 heavy (non-hydrogen) atoms. The lowest BCUT2D eigenvalue weighted by molar-refractivity contribution is 0.526. The van der Waals surface area contributed by atoms with E-state index in [-0.39, 0.29) is 5.28 Å². The molecular formula is C15H22ClN5. The number of rotatable bonds is 5. The van der Waals surface area contributed by atoms with E-state index in [4.69, 9.17) is 11.6 Å². The van der Waals surface area contributed by atoms with Gasteiger partial charge in [-0.2, -0.15) is 9.97 Å². The number of hydrogen-bond acceptors (Lipinski definition) is 4. The van der Waals surface area contributed by atoms with Gasteiger partial charge >= 0.3 is 0 Å². The van der Waals surface area contributed by atoms with Crippen LogP contribution < -0.4 is 4.90 Å². The number of nitrogens with one attached hydrogen (secondary N) is 1. The fourth-order valence-corrected chi connectivity index (χ4v) is 3.23. The highest BCUT2D eigenvalue weighted by Crippen LogP contribution is 2.31. The molecule has 114 valence electrons. The number of imidazole rings is 1. The zero-order valence-electron chi connectivity index (χ0n) is 12.6. The molecule has 1 N–H and O–H groups in total. The van der Waals surface area contributed by atoms with Gasteiger partial charge in [-0.3, -0.25) is 0 Å². The van der Waals surface area contributed by atoms with Crippen LogP contribution in [0.4, 0.5) is 5.82 Å². The molecule has 1 aliphatic rings. The van der Waals surface area contributed by atoms with Crippen LogP contribution in [-0.4, -0.2) is 32.5 Å². The van der Waals surface area contributed by atoms with Crippen LogP contribution in [0.2, 0.25) is 5.28 Å². The number of aromatic nitrogens is 4. The van der Waals surface area contributed by atoms with Gasteiger partial charge in [-0.1, -0.05) is 26.7 Å². The van der Waals surface area contributed by atoms with Crippen molar-refractivity contribution in [2.75, 3.05) is 11.4 Å². The summed E-state index contributed by atoms with van der Waals surface area (Å²) < 4.78 is 0. The zero-order valence-corrected chi connectivity index (χ0v) is 13.4. The van der Waals surface area contributed by atoms with E-state index in [0.717, 1.165) is 24.3 Å². The third-order valence-electron chi connectivity index (χ3n) is 4.22. The monoisotopic (exact) mass is 307 g/mol. The minimum atomic E-state index is 0.275. The average Bonchev–Trinajstić information content (AvgIpc) is 3.08. The van der Waals surface area contributed by atoms with E-state index in [0.29, 0.717) is 17.6 Å². The quantitative estimate of drug-likeness (QED) is 0.854. The molecule has 0 saturated heterocycles. The van der Waals surface area contributed by atoms with Gasteiger partial charge in [0.2, 0.25) is 5.28 Å². The Hall–Kier alpha value is -1.36. The van der Waals surface area contributed by atoms with Crippen molar-refractivity contribution in [3.05, 3.63) is 11.6 Å². The Kier molecular flexibility index (Phi) is 4.29. The van der Waals surface area contributed by atoms with Crippen molar-refractivity contribution in [1.82, 2.24) is 19.9 Å². The number of fused-ring (bicyclic) bond motifs is 1. The van der Waals surface area contributed by atoms with Crippen molar-refractivity contribution in [2.24, 2.45) is 5.92 Å². The predicted molar refractivity (Wildman–Crippen MR) is 85.8 cm³/mol. The zero-order chi connectivity index (χ0) is 14.8. The van der Waals surface area contributed by atoms with Crippen molar-refractivity contribution in [1.29, 1.82) is 0 Å². The highest BCUT2D eigenvalue weighted by molar-refractivity contribution is 6.28. The van der Waals surface area contributed by atoms with E-state index < -0.39 is 0 Å².